The lowest BCUT2D eigenvalue weighted by Gasteiger charge is -2.42. The van der Waals surface area contributed by atoms with Gasteiger partial charge in [-0.3, -0.25) is 0 Å². The average Bonchev–Trinajstić information content (AvgIpc) is 3.79. The van der Waals surface area contributed by atoms with Crippen molar-refractivity contribution >= 4 is 34.1 Å². The predicted molar refractivity (Wildman–Crippen MR) is 312 cm³/mol. The Morgan fingerprint density at radius 3 is 1.03 bits per heavy atom. The van der Waals surface area contributed by atoms with Crippen LogP contribution in [0, 0.1) is 0 Å². The van der Waals surface area contributed by atoms with E-state index in [9.17, 15) is 0 Å². The van der Waals surface area contributed by atoms with Crippen molar-refractivity contribution < 1.29 is 0 Å². The SMILES string of the molecule is CC1(C)c2cc(-c3ccc(-c4ccc5c(c4)C(C)(C)c4cc6c(cc4-5)C(C)(C)c4ccccc4N6c4ccccc4)cc3)ccc2-c2ccc(-c3ccc4c(c3)N(c3ccccc3)c3ccccc3C4(C)C)cc21. The second-order valence-corrected chi connectivity index (χ2v) is 23.4. The molecule has 2 aliphatic heterocycles. The Hall–Kier alpha value is -8.20. The molecule has 0 saturated carbocycles. The first-order valence-electron chi connectivity index (χ1n) is 26.5. The summed E-state index contributed by atoms with van der Waals surface area (Å²) in [4.78, 5) is 4.94. The van der Waals surface area contributed by atoms with E-state index in [0.29, 0.717) is 0 Å². The molecule has 10 aromatic rings. The highest BCUT2D eigenvalue weighted by Gasteiger charge is 2.43. The minimum atomic E-state index is -0.178. The molecule has 0 atom stereocenters. The molecule has 0 fully saturated rings. The van der Waals surface area contributed by atoms with E-state index in [1.165, 1.54) is 134 Å². The topological polar surface area (TPSA) is 6.48 Å². The number of anilines is 6. The van der Waals surface area contributed by atoms with Crippen LogP contribution < -0.4 is 9.80 Å². The van der Waals surface area contributed by atoms with Crippen LogP contribution in [0.1, 0.15) is 99.9 Å². The van der Waals surface area contributed by atoms with E-state index in [4.69, 9.17) is 0 Å². The molecule has 0 unspecified atom stereocenters. The third-order valence-electron chi connectivity index (χ3n) is 17.8. The Kier molecular flexibility index (Phi) is 9.41. The van der Waals surface area contributed by atoms with Gasteiger partial charge in [0.25, 0.3) is 0 Å². The van der Waals surface area contributed by atoms with Crippen LogP contribution in [0.5, 0.6) is 0 Å². The summed E-state index contributed by atoms with van der Waals surface area (Å²) in [6, 6.07) is 82.5. The summed E-state index contributed by atoms with van der Waals surface area (Å²) < 4.78 is 0. The van der Waals surface area contributed by atoms with Crippen molar-refractivity contribution in [3.05, 3.63) is 263 Å². The second-order valence-electron chi connectivity index (χ2n) is 23.4. The van der Waals surface area contributed by atoms with Crippen LogP contribution in [-0.2, 0) is 21.7 Å². The second kappa shape index (κ2) is 15.7. The monoisotopic (exact) mass is 952 g/mol. The summed E-state index contributed by atoms with van der Waals surface area (Å²) >= 11 is 0. The summed E-state index contributed by atoms with van der Waals surface area (Å²) in [6.45, 7) is 19.1. The Labute approximate surface area is 437 Å². The molecule has 10 aromatic carbocycles. The van der Waals surface area contributed by atoms with E-state index in [-0.39, 0.29) is 21.7 Å². The summed E-state index contributed by atoms with van der Waals surface area (Å²) in [7, 11) is 0. The van der Waals surface area contributed by atoms with Gasteiger partial charge in [-0.25, -0.2) is 0 Å². The molecular weight excluding hydrogens is 893 g/mol. The number of hydrogen-bond acceptors (Lipinski definition) is 2. The van der Waals surface area contributed by atoms with E-state index in [1.807, 2.05) is 0 Å². The zero-order valence-electron chi connectivity index (χ0n) is 43.7. The fraction of sp³-hybridized carbons (Fsp3) is 0.167. The number of rotatable bonds is 5. The maximum Gasteiger partial charge on any atom is 0.0508 e. The van der Waals surface area contributed by atoms with Crippen LogP contribution in [0.3, 0.4) is 0 Å². The number of fused-ring (bicyclic) bond motifs is 10. The van der Waals surface area contributed by atoms with E-state index in [1.54, 1.807) is 0 Å². The summed E-state index contributed by atoms with van der Waals surface area (Å²) in [5, 5.41) is 0. The van der Waals surface area contributed by atoms with Gasteiger partial charge < -0.3 is 9.80 Å². The van der Waals surface area contributed by atoms with Crippen LogP contribution in [0.2, 0.25) is 0 Å². The zero-order chi connectivity index (χ0) is 50.5. The van der Waals surface area contributed by atoms with Gasteiger partial charge in [-0.1, -0.05) is 201 Å². The number of nitrogens with zero attached hydrogens (tertiary/aromatic N) is 2. The molecule has 358 valence electrons. The Balaban J connectivity index is 0.766. The Bertz CT molecular complexity index is 3950. The van der Waals surface area contributed by atoms with Crippen molar-refractivity contribution in [2.45, 2.75) is 77.0 Å². The van der Waals surface area contributed by atoms with Gasteiger partial charge in [-0.2, -0.15) is 0 Å². The molecule has 0 saturated heterocycles. The smallest absolute Gasteiger partial charge is 0.0508 e. The first-order chi connectivity index (χ1) is 35.7. The highest BCUT2D eigenvalue weighted by Crippen LogP contribution is 2.59. The van der Waals surface area contributed by atoms with Crippen molar-refractivity contribution in [2.75, 3.05) is 9.80 Å². The molecule has 0 radical (unpaired) electrons. The lowest BCUT2D eigenvalue weighted by molar-refractivity contribution is 0.627. The zero-order valence-corrected chi connectivity index (χ0v) is 43.7. The Morgan fingerprint density at radius 2 is 0.541 bits per heavy atom. The lowest BCUT2D eigenvalue weighted by Crippen LogP contribution is -2.31. The maximum atomic E-state index is 2.52. The molecule has 0 amide bonds. The molecular formula is C72H60N2. The number of benzene rings is 10. The minimum absolute atomic E-state index is 0.138. The molecule has 0 N–H and O–H groups in total. The van der Waals surface area contributed by atoms with Gasteiger partial charge >= 0.3 is 0 Å². The van der Waals surface area contributed by atoms with Gasteiger partial charge in [0.1, 0.15) is 0 Å². The standard InChI is InChI=1S/C72H60N2/c1-69(2)57-23-15-17-25-65(57)73(51-19-11-9-12-20-51)67-42-50(34-38-59(67)69)49-33-36-54-53-35-31-47(39-60(53)71(5,6)61(54)41-49)45-27-29-46(30-28-45)48-32-37-55-56-43-64-68(44-63(56)72(7,8)62(55)40-48)74(52-21-13-10-14-22-52)66-26-18-16-24-58(66)70(64,3)4/h9-44H,1-8H3. The third kappa shape index (κ3) is 6.30. The first-order valence-corrected chi connectivity index (χ1v) is 26.5. The van der Waals surface area contributed by atoms with E-state index in [2.05, 4.69) is 284 Å². The van der Waals surface area contributed by atoms with E-state index < -0.39 is 0 Å². The molecule has 2 nitrogen and oxygen atoms in total. The lowest BCUT2D eigenvalue weighted by atomic mass is 9.72. The fourth-order valence-electron chi connectivity index (χ4n) is 13.7. The van der Waals surface area contributed by atoms with Crippen LogP contribution in [-0.4, -0.2) is 0 Å². The van der Waals surface area contributed by atoms with Crippen molar-refractivity contribution in [1.82, 2.24) is 0 Å². The van der Waals surface area contributed by atoms with Gasteiger partial charge in [0.2, 0.25) is 0 Å². The highest BCUT2D eigenvalue weighted by atomic mass is 15.2. The molecule has 2 aliphatic carbocycles. The molecule has 4 aliphatic rings. The van der Waals surface area contributed by atoms with Crippen LogP contribution in [0.4, 0.5) is 34.1 Å². The molecule has 74 heavy (non-hydrogen) atoms. The first kappa shape index (κ1) is 44.5. The predicted octanol–water partition coefficient (Wildman–Crippen LogP) is 19.5. The molecule has 2 heterocycles. The van der Waals surface area contributed by atoms with Crippen molar-refractivity contribution in [3.8, 4) is 55.6 Å². The molecule has 0 bridgehead atoms. The summed E-state index contributed by atoms with van der Waals surface area (Å²) in [6.07, 6.45) is 0. The largest absolute Gasteiger partial charge is 0.310 e. The number of para-hydroxylation sites is 4. The van der Waals surface area contributed by atoms with Gasteiger partial charge in [0.05, 0.1) is 22.7 Å². The van der Waals surface area contributed by atoms with Crippen LogP contribution in [0.25, 0.3) is 55.6 Å². The van der Waals surface area contributed by atoms with Gasteiger partial charge in [0, 0.05) is 33.0 Å². The van der Waals surface area contributed by atoms with Crippen molar-refractivity contribution in [2.24, 2.45) is 0 Å². The minimum Gasteiger partial charge on any atom is -0.310 e. The fourth-order valence-corrected chi connectivity index (χ4v) is 13.7. The van der Waals surface area contributed by atoms with Crippen molar-refractivity contribution in [3.63, 3.8) is 0 Å². The van der Waals surface area contributed by atoms with Gasteiger partial charge in [-0.15, -0.1) is 0 Å². The van der Waals surface area contributed by atoms with Crippen LogP contribution in [0.15, 0.2) is 218 Å². The summed E-state index contributed by atoms with van der Waals surface area (Å²) in [5.41, 5.74) is 30.5. The van der Waals surface area contributed by atoms with Gasteiger partial charge in [0.15, 0.2) is 0 Å². The normalized spacial score (nSPS) is 16.2. The number of hydrogen-bond donors (Lipinski definition) is 0. The molecule has 14 rings (SSSR count). The maximum absolute atomic E-state index is 2.52. The average molecular weight is 953 g/mol. The van der Waals surface area contributed by atoms with Crippen molar-refractivity contribution in [1.29, 1.82) is 0 Å². The van der Waals surface area contributed by atoms with Crippen LogP contribution >= 0.6 is 0 Å². The Morgan fingerprint density at radius 1 is 0.216 bits per heavy atom. The van der Waals surface area contributed by atoms with E-state index >= 15 is 0 Å². The van der Waals surface area contributed by atoms with E-state index in [0.717, 1.165) is 0 Å². The summed E-state index contributed by atoms with van der Waals surface area (Å²) in [5.74, 6) is 0. The third-order valence-corrected chi connectivity index (χ3v) is 17.8. The van der Waals surface area contributed by atoms with Gasteiger partial charge in [-0.05, 0) is 173 Å². The highest BCUT2D eigenvalue weighted by molar-refractivity contribution is 5.94. The molecule has 0 aromatic heterocycles. The quantitative estimate of drug-likeness (QED) is 0.170. The molecule has 2 heteroatoms. The molecule has 0 spiro atoms.